The molecule has 0 aliphatic carbocycles. The lowest BCUT2D eigenvalue weighted by Crippen LogP contribution is -2.49. The molecular weight excluding hydrogens is 242 g/mol. The van der Waals surface area contributed by atoms with E-state index in [9.17, 15) is 14.4 Å². The Hall–Kier alpha value is -1.83. The Bertz CT molecular complexity index is 327. The zero-order valence-corrected chi connectivity index (χ0v) is 9.85. The second kappa shape index (κ2) is 6.80. The molecule has 8 heteroatoms. The number of ether oxygens (including phenoxy) is 1. The normalized spacial score (nSPS) is 20.1. The third-order valence-corrected chi connectivity index (χ3v) is 2.55. The molecule has 0 radical (unpaired) electrons. The molecule has 5 N–H and O–H groups in total. The Balaban J connectivity index is 2.36. The van der Waals surface area contributed by atoms with Crippen LogP contribution >= 0.6 is 0 Å². The molecule has 1 aliphatic heterocycles. The predicted octanol–water partition coefficient (Wildman–Crippen LogP) is -1.21. The predicted molar refractivity (Wildman–Crippen MR) is 60.7 cm³/mol. The van der Waals surface area contributed by atoms with Gasteiger partial charge in [0.25, 0.3) is 0 Å². The summed E-state index contributed by atoms with van der Waals surface area (Å²) in [7, 11) is 0. The first kappa shape index (κ1) is 14.2. The number of aliphatic carboxylic acids is 1. The average Bonchev–Trinajstić information content (AvgIpc) is 2.76. The quantitative estimate of drug-likeness (QED) is 0.475. The van der Waals surface area contributed by atoms with Gasteiger partial charge in [-0.15, -0.1) is 0 Å². The molecule has 0 aromatic heterocycles. The van der Waals surface area contributed by atoms with E-state index in [4.69, 9.17) is 15.6 Å². The molecule has 0 spiro atoms. The van der Waals surface area contributed by atoms with Gasteiger partial charge in [0.1, 0.15) is 6.04 Å². The van der Waals surface area contributed by atoms with Gasteiger partial charge in [0.15, 0.2) is 0 Å². The number of rotatable bonds is 6. The minimum absolute atomic E-state index is 0.0285. The minimum atomic E-state index is -1.20. The van der Waals surface area contributed by atoms with Crippen molar-refractivity contribution in [3.8, 4) is 0 Å². The van der Waals surface area contributed by atoms with Crippen LogP contribution in [0.15, 0.2) is 0 Å². The molecule has 2 unspecified atom stereocenters. The minimum Gasteiger partial charge on any atom is -0.480 e. The molecule has 0 bridgehead atoms. The first-order chi connectivity index (χ1) is 8.49. The van der Waals surface area contributed by atoms with E-state index in [1.54, 1.807) is 0 Å². The van der Waals surface area contributed by atoms with Crippen molar-refractivity contribution in [2.75, 3.05) is 13.2 Å². The number of nitrogens with two attached hydrogens (primary N) is 1. The number of nitrogens with one attached hydrogen (secondary N) is 2. The topological polar surface area (TPSA) is 131 Å². The van der Waals surface area contributed by atoms with Gasteiger partial charge in [-0.05, 0) is 12.8 Å². The van der Waals surface area contributed by atoms with Crippen molar-refractivity contribution in [1.82, 2.24) is 10.6 Å². The fourth-order valence-electron chi connectivity index (χ4n) is 1.58. The molecule has 0 aromatic carbocycles. The zero-order chi connectivity index (χ0) is 13.5. The van der Waals surface area contributed by atoms with Crippen molar-refractivity contribution in [3.05, 3.63) is 0 Å². The monoisotopic (exact) mass is 259 g/mol. The van der Waals surface area contributed by atoms with Crippen LogP contribution in [0.3, 0.4) is 0 Å². The Labute approximate surface area is 104 Å². The number of hydrogen-bond donors (Lipinski definition) is 4. The molecule has 1 rings (SSSR count). The van der Waals surface area contributed by atoms with E-state index in [-0.39, 0.29) is 18.9 Å². The molecule has 1 saturated heterocycles. The van der Waals surface area contributed by atoms with E-state index in [2.05, 4.69) is 10.6 Å². The van der Waals surface area contributed by atoms with Crippen LogP contribution in [0.2, 0.25) is 0 Å². The number of amides is 3. The number of carboxylic acids is 1. The molecule has 102 valence electrons. The molecule has 8 nitrogen and oxygen atoms in total. The van der Waals surface area contributed by atoms with Gasteiger partial charge in [-0.1, -0.05) is 0 Å². The van der Waals surface area contributed by atoms with Crippen molar-refractivity contribution in [3.63, 3.8) is 0 Å². The van der Waals surface area contributed by atoms with Gasteiger partial charge in [0.2, 0.25) is 5.91 Å². The first-order valence-corrected chi connectivity index (χ1v) is 5.65. The second-order valence-electron chi connectivity index (χ2n) is 4.07. The van der Waals surface area contributed by atoms with Crippen LogP contribution in [0, 0.1) is 0 Å². The van der Waals surface area contributed by atoms with Crippen LogP contribution in [0.4, 0.5) is 4.79 Å². The summed E-state index contributed by atoms with van der Waals surface area (Å²) in [6.07, 6.45) is 0.579. The fourth-order valence-corrected chi connectivity index (χ4v) is 1.58. The maximum absolute atomic E-state index is 11.5. The van der Waals surface area contributed by atoms with Gasteiger partial charge in [-0.2, -0.15) is 0 Å². The van der Waals surface area contributed by atoms with E-state index in [0.717, 1.165) is 0 Å². The summed E-state index contributed by atoms with van der Waals surface area (Å²) >= 11 is 0. The number of carbonyl (C=O) groups excluding carboxylic acids is 2. The van der Waals surface area contributed by atoms with Crippen molar-refractivity contribution < 1.29 is 24.2 Å². The van der Waals surface area contributed by atoms with Gasteiger partial charge in [0, 0.05) is 13.0 Å². The van der Waals surface area contributed by atoms with Gasteiger partial charge in [0.05, 0.1) is 12.6 Å². The highest BCUT2D eigenvalue weighted by Crippen LogP contribution is 2.03. The van der Waals surface area contributed by atoms with E-state index in [0.29, 0.717) is 19.6 Å². The summed E-state index contributed by atoms with van der Waals surface area (Å²) in [5, 5.41) is 13.8. The lowest BCUT2D eigenvalue weighted by atomic mass is 10.1. The lowest BCUT2D eigenvalue weighted by Gasteiger charge is -2.16. The number of carbonyl (C=O) groups is 3. The number of primary amides is 1. The first-order valence-electron chi connectivity index (χ1n) is 5.65. The summed E-state index contributed by atoms with van der Waals surface area (Å²) in [6.45, 7) is 1.00. The molecule has 2 atom stereocenters. The maximum Gasteiger partial charge on any atom is 0.326 e. The number of carboxylic acid groups (broad SMARTS) is 1. The summed E-state index contributed by atoms with van der Waals surface area (Å²) in [5.74, 6) is -1.80. The maximum atomic E-state index is 11.5. The Morgan fingerprint density at radius 1 is 1.44 bits per heavy atom. The molecule has 0 saturated carbocycles. The molecule has 0 aromatic rings. The number of urea groups is 1. The third-order valence-electron chi connectivity index (χ3n) is 2.55. The van der Waals surface area contributed by atoms with Gasteiger partial charge >= 0.3 is 12.0 Å². The van der Waals surface area contributed by atoms with Crippen LogP contribution in [0.25, 0.3) is 0 Å². The highest BCUT2D eigenvalue weighted by molar-refractivity contribution is 5.83. The van der Waals surface area contributed by atoms with E-state index >= 15 is 0 Å². The average molecular weight is 259 g/mol. The second-order valence-corrected chi connectivity index (χ2v) is 4.07. The smallest absolute Gasteiger partial charge is 0.326 e. The largest absolute Gasteiger partial charge is 0.480 e. The van der Waals surface area contributed by atoms with Crippen LogP contribution in [-0.2, 0) is 14.3 Å². The molecular formula is C10H17N3O5. The van der Waals surface area contributed by atoms with Crippen molar-refractivity contribution in [2.24, 2.45) is 5.73 Å². The van der Waals surface area contributed by atoms with Gasteiger partial charge < -0.3 is 26.2 Å². The molecule has 3 amide bonds. The van der Waals surface area contributed by atoms with E-state index < -0.39 is 23.9 Å². The zero-order valence-electron chi connectivity index (χ0n) is 9.85. The van der Waals surface area contributed by atoms with Crippen LogP contribution < -0.4 is 16.4 Å². The molecule has 1 heterocycles. The van der Waals surface area contributed by atoms with Crippen LogP contribution in [0.1, 0.15) is 19.3 Å². The lowest BCUT2D eigenvalue weighted by molar-refractivity contribution is -0.139. The Morgan fingerprint density at radius 3 is 2.67 bits per heavy atom. The highest BCUT2D eigenvalue weighted by atomic mass is 16.5. The molecule has 18 heavy (non-hydrogen) atoms. The van der Waals surface area contributed by atoms with Crippen molar-refractivity contribution >= 4 is 17.9 Å². The molecule has 1 fully saturated rings. The van der Waals surface area contributed by atoms with Crippen molar-refractivity contribution in [1.29, 1.82) is 0 Å². The standard InChI is InChI=1S/C10H17N3O5/c11-8(14)2-1-7(9(15)16)13-10(17)12-6-3-4-18-5-6/h6-7H,1-5H2,(H2,11,14)(H,15,16)(H2,12,13,17). The third kappa shape index (κ3) is 5.00. The number of hydrogen-bond acceptors (Lipinski definition) is 4. The van der Waals surface area contributed by atoms with Crippen LogP contribution in [0.5, 0.6) is 0 Å². The van der Waals surface area contributed by atoms with Gasteiger partial charge in [-0.25, -0.2) is 9.59 Å². The fraction of sp³-hybridized carbons (Fsp3) is 0.700. The van der Waals surface area contributed by atoms with E-state index in [1.165, 1.54) is 0 Å². The SMILES string of the molecule is NC(=O)CCC(NC(=O)NC1CCOC1)C(=O)O. The van der Waals surface area contributed by atoms with E-state index in [1.807, 2.05) is 0 Å². The van der Waals surface area contributed by atoms with Gasteiger partial charge in [-0.3, -0.25) is 4.79 Å². The summed E-state index contributed by atoms with van der Waals surface area (Å²) < 4.78 is 5.07. The van der Waals surface area contributed by atoms with Crippen molar-refractivity contribution in [2.45, 2.75) is 31.3 Å². The Morgan fingerprint density at radius 2 is 2.17 bits per heavy atom. The van der Waals surface area contributed by atoms with Crippen LogP contribution in [-0.4, -0.2) is 48.3 Å². The summed E-state index contributed by atoms with van der Waals surface area (Å²) in [6, 6.07) is -1.81. The molecule has 1 aliphatic rings. The summed E-state index contributed by atoms with van der Waals surface area (Å²) in [4.78, 5) is 32.9. The summed E-state index contributed by atoms with van der Waals surface area (Å²) in [5.41, 5.74) is 4.93. The Kier molecular flexibility index (Phi) is 5.37. The highest BCUT2D eigenvalue weighted by Gasteiger charge is 2.23.